The zero-order valence-corrected chi connectivity index (χ0v) is 12.9. The fourth-order valence-electron chi connectivity index (χ4n) is 3.13. The highest BCUT2D eigenvalue weighted by Gasteiger charge is 2.46. The number of fused-ring (bicyclic) bond motifs is 1. The van der Waals surface area contributed by atoms with Crippen LogP contribution in [-0.2, 0) is 14.3 Å². The molecule has 2 aliphatic rings. The number of hydrogen-bond donors (Lipinski definition) is 0. The van der Waals surface area contributed by atoms with Crippen molar-refractivity contribution in [2.24, 2.45) is 5.92 Å². The monoisotopic (exact) mass is 318 g/mol. The van der Waals surface area contributed by atoms with E-state index in [1.54, 1.807) is 0 Å². The molecule has 1 aliphatic heterocycles. The van der Waals surface area contributed by atoms with Crippen molar-refractivity contribution < 1.29 is 14.3 Å². The smallest absolute Gasteiger partial charge is 0.325 e. The normalized spacial score (nSPS) is 35.4. The minimum absolute atomic E-state index is 0.0594. The van der Waals surface area contributed by atoms with Gasteiger partial charge in [-0.25, -0.2) is 0 Å². The molecule has 3 nitrogen and oxygen atoms in total. The van der Waals surface area contributed by atoms with E-state index >= 15 is 0 Å². The summed E-state index contributed by atoms with van der Waals surface area (Å²) in [6.45, 7) is 4.12. The van der Waals surface area contributed by atoms with Gasteiger partial charge in [0, 0.05) is 0 Å². The first-order valence-corrected chi connectivity index (χ1v) is 7.86. The van der Waals surface area contributed by atoms with Gasteiger partial charge < -0.3 is 9.47 Å². The third-order valence-corrected chi connectivity index (χ3v) is 5.09. The van der Waals surface area contributed by atoms with E-state index in [2.05, 4.69) is 15.9 Å². The third-order valence-electron chi connectivity index (χ3n) is 4.26. The number of hydrogen-bond acceptors (Lipinski definition) is 3. The molecule has 2 fully saturated rings. The van der Waals surface area contributed by atoms with Gasteiger partial charge in [0.2, 0.25) is 0 Å². The van der Waals surface area contributed by atoms with Gasteiger partial charge >= 0.3 is 5.97 Å². The quantitative estimate of drug-likeness (QED) is 0.590. The van der Waals surface area contributed by atoms with E-state index in [9.17, 15) is 4.79 Å². The molecule has 0 amide bonds. The van der Waals surface area contributed by atoms with Crippen LogP contribution in [0.1, 0.15) is 52.4 Å². The maximum absolute atomic E-state index is 12.0. The number of rotatable bonds is 3. The molecule has 1 saturated heterocycles. The Kier molecular flexibility index (Phi) is 4.70. The second kappa shape index (κ2) is 5.91. The molecule has 1 aliphatic carbocycles. The first-order valence-electron chi connectivity index (χ1n) is 7.07. The molecule has 0 spiro atoms. The van der Waals surface area contributed by atoms with E-state index in [1.165, 1.54) is 25.7 Å². The topological polar surface area (TPSA) is 35.5 Å². The summed E-state index contributed by atoms with van der Waals surface area (Å²) in [5.41, 5.74) is 0. The number of alkyl halides is 1. The summed E-state index contributed by atoms with van der Waals surface area (Å²) in [4.78, 5) is 12.0. The van der Waals surface area contributed by atoms with Crippen molar-refractivity contribution in [2.75, 3.05) is 6.61 Å². The molecular weight excluding hydrogens is 296 g/mol. The fraction of sp³-hybridized carbons (Fsp3) is 0.929. The Morgan fingerprint density at radius 2 is 2.06 bits per heavy atom. The van der Waals surface area contributed by atoms with Gasteiger partial charge in [-0.1, -0.05) is 28.8 Å². The molecule has 18 heavy (non-hydrogen) atoms. The predicted molar refractivity (Wildman–Crippen MR) is 73.8 cm³/mol. The van der Waals surface area contributed by atoms with Gasteiger partial charge in [0.05, 0.1) is 18.8 Å². The maximum Gasteiger partial charge on any atom is 0.325 e. The van der Waals surface area contributed by atoms with E-state index in [0.717, 1.165) is 12.8 Å². The molecule has 0 aromatic rings. The number of carbonyl (C=O) groups is 1. The minimum atomic E-state index is -0.703. The van der Waals surface area contributed by atoms with Gasteiger partial charge in [-0.3, -0.25) is 4.79 Å². The van der Waals surface area contributed by atoms with Crippen molar-refractivity contribution in [3.63, 3.8) is 0 Å². The SMILES string of the molecule is CCOC(=O)[C@@](C)(Br)[C@@H]1CC[C@@H]2CCCC[C@H]2O1. The first kappa shape index (κ1) is 14.3. The van der Waals surface area contributed by atoms with Crippen LogP contribution in [0.2, 0.25) is 0 Å². The molecule has 0 aromatic heterocycles. The van der Waals surface area contributed by atoms with Gasteiger partial charge in [0.15, 0.2) is 0 Å². The summed E-state index contributed by atoms with van der Waals surface area (Å²) in [6, 6.07) is 0. The lowest BCUT2D eigenvalue weighted by Crippen LogP contribution is -2.50. The van der Waals surface area contributed by atoms with Crippen LogP contribution in [0.3, 0.4) is 0 Å². The molecule has 2 rings (SSSR count). The van der Waals surface area contributed by atoms with Crippen molar-refractivity contribution in [3.8, 4) is 0 Å². The van der Waals surface area contributed by atoms with Crippen molar-refractivity contribution in [2.45, 2.75) is 68.9 Å². The molecular formula is C14H23BrO3. The molecule has 1 heterocycles. The molecule has 0 unspecified atom stereocenters. The second-order valence-electron chi connectivity index (χ2n) is 5.58. The summed E-state index contributed by atoms with van der Waals surface area (Å²) in [7, 11) is 0. The lowest BCUT2D eigenvalue weighted by Gasteiger charge is -2.43. The average molecular weight is 319 g/mol. The van der Waals surface area contributed by atoms with Crippen LogP contribution in [0, 0.1) is 5.92 Å². The molecule has 0 radical (unpaired) electrons. The summed E-state index contributed by atoms with van der Waals surface area (Å²) < 4.78 is 10.6. The van der Waals surface area contributed by atoms with Crippen LogP contribution < -0.4 is 0 Å². The van der Waals surface area contributed by atoms with Crippen LogP contribution in [0.15, 0.2) is 0 Å². The molecule has 4 heteroatoms. The van der Waals surface area contributed by atoms with Crippen LogP contribution >= 0.6 is 15.9 Å². The van der Waals surface area contributed by atoms with Crippen LogP contribution in [0.25, 0.3) is 0 Å². The number of esters is 1. The van der Waals surface area contributed by atoms with E-state index in [1.807, 2.05) is 13.8 Å². The molecule has 4 atom stereocenters. The highest BCUT2D eigenvalue weighted by Crippen LogP contribution is 2.41. The first-order chi connectivity index (χ1) is 8.55. The number of halogens is 1. The Morgan fingerprint density at radius 3 is 2.78 bits per heavy atom. The van der Waals surface area contributed by atoms with Crippen molar-refractivity contribution in [1.82, 2.24) is 0 Å². The van der Waals surface area contributed by atoms with Gasteiger partial charge in [0.25, 0.3) is 0 Å². The number of ether oxygens (including phenoxy) is 2. The zero-order chi connectivity index (χ0) is 13.2. The molecule has 0 bridgehead atoms. The minimum Gasteiger partial charge on any atom is -0.465 e. The molecule has 1 saturated carbocycles. The second-order valence-corrected chi connectivity index (χ2v) is 7.23. The molecule has 104 valence electrons. The largest absolute Gasteiger partial charge is 0.465 e. The number of carbonyl (C=O) groups excluding carboxylic acids is 1. The lowest BCUT2D eigenvalue weighted by atomic mass is 9.79. The fourth-order valence-corrected chi connectivity index (χ4v) is 3.58. The average Bonchev–Trinajstić information content (AvgIpc) is 2.38. The Labute approximate surface area is 118 Å². The van der Waals surface area contributed by atoms with E-state index in [0.29, 0.717) is 18.6 Å². The van der Waals surface area contributed by atoms with Crippen molar-refractivity contribution >= 4 is 21.9 Å². The van der Waals surface area contributed by atoms with Crippen molar-refractivity contribution in [1.29, 1.82) is 0 Å². The Balaban J connectivity index is 1.99. The van der Waals surface area contributed by atoms with Gasteiger partial charge in [-0.05, 0) is 45.4 Å². The van der Waals surface area contributed by atoms with Crippen LogP contribution in [-0.4, -0.2) is 29.1 Å². The van der Waals surface area contributed by atoms with Crippen LogP contribution in [0.4, 0.5) is 0 Å². The van der Waals surface area contributed by atoms with E-state index in [-0.39, 0.29) is 12.1 Å². The molecule has 0 N–H and O–H groups in total. The predicted octanol–water partition coefficient (Wildman–Crippen LogP) is 3.44. The summed E-state index contributed by atoms with van der Waals surface area (Å²) >= 11 is 3.53. The van der Waals surface area contributed by atoms with Gasteiger partial charge in [0.1, 0.15) is 4.32 Å². The third kappa shape index (κ3) is 2.90. The maximum atomic E-state index is 12.0. The molecule has 0 aromatic carbocycles. The summed E-state index contributed by atoms with van der Waals surface area (Å²) in [5.74, 6) is 0.504. The van der Waals surface area contributed by atoms with Crippen LogP contribution in [0.5, 0.6) is 0 Å². The highest BCUT2D eigenvalue weighted by atomic mass is 79.9. The van der Waals surface area contributed by atoms with E-state index in [4.69, 9.17) is 9.47 Å². The lowest BCUT2D eigenvalue weighted by molar-refractivity contribution is -0.158. The van der Waals surface area contributed by atoms with E-state index < -0.39 is 4.32 Å². The zero-order valence-electron chi connectivity index (χ0n) is 11.3. The standard InChI is InChI=1S/C14H23BrO3/c1-3-17-13(16)14(2,15)12-9-8-10-6-4-5-7-11(10)18-12/h10-12H,3-9H2,1-2H3/t10-,11+,12-,14-/m0/s1. The Morgan fingerprint density at radius 1 is 1.33 bits per heavy atom. The Hall–Kier alpha value is -0.0900. The highest BCUT2D eigenvalue weighted by molar-refractivity contribution is 9.10. The van der Waals surface area contributed by atoms with Gasteiger partial charge in [-0.2, -0.15) is 0 Å². The Bertz CT molecular complexity index is 303. The summed E-state index contributed by atoms with van der Waals surface area (Å²) in [6.07, 6.45) is 7.44. The summed E-state index contributed by atoms with van der Waals surface area (Å²) in [5, 5.41) is 0. The van der Waals surface area contributed by atoms with Crippen molar-refractivity contribution in [3.05, 3.63) is 0 Å². The van der Waals surface area contributed by atoms with Gasteiger partial charge in [-0.15, -0.1) is 0 Å².